The third-order valence-corrected chi connectivity index (χ3v) is 8.44. The van der Waals surface area contributed by atoms with Crippen LogP contribution in [0.4, 0.5) is 5.69 Å². The van der Waals surface area contributed by atoms with Crippen molar-refractivity contribution in [3.63, 3.8) is 0 Å². The van der Waals surface area contributed by atoms with Crippen molar-refractivity contribution in [2.75, 3.05) is 10.9 Å². The second-order valence-corrected chi connectivity index (χ2v) is 11.3. The molecule has 202 valence electrons. The summed E-state index contributed by atoms with van der Waals surface area (Å²) in [6, 6.07) is 18.3. The molecule has 3 aromatic carbocycles. The number of benzene rings is 3. The minimum absolute atomic E-state index is 0.00794. The number of sulfonamides is 1. The summed E-state index contributed by atoms with van der Waals surface area (Å²) < 4.78 is 35.0. The molecule has 0 aliphatic carbocycles. The standard InChI is InChI=1S/C28H32ClN3O5S/c1-19-16-23(18-24(17-19)37-15-14-21-10-12-22(13-11-21)28(30)31)32(20(2)6-5-9-27(33)34)38(35,36)26-8-4-3-7-25(26)29/h3-4,7-8,10-13,16-18,20H,5-6,9,14-15H2,1-2H3,(H3,30,31)(H,33,34). The maximum atomic E-state index is 13.8. The highest BCUT2D eigenvalue weighted by molar-refractivity contribution is 7.93. The van der Waals surface area contributed by atoms with E-state index >= 15 is 0 Å². The van der Waals surface area contributed by atoms with Crippen molar-refractivity contribution < 1.29 is 23.1 Å². The molecule has 0 amide bonds. The van der Waals surface area contributed by atoms with Crippen molar-refractivity contribution in [3.8, 4) is 5.75 Å². The normalized spacial score (nSPS) is 12.1. The van der Waals surface area contributed by atoms with Crippen LogP contribution in [0.5, 0.6) is 5.75 Å². The number of nitrogens with two attached hydrogens (primary N) is 1. The van der Waals surface area contributed by atoms with Gasteiger partial charge in [0.1, 0.15) is 16.5 Å². The van der Waals surface area contributed by atoms with Gasteiger partial charge in [0.15, 0.2) is 0 Å². The number of carboxylic acids is 1. The minimum atomic E-state index is -4.07. The number of hydrogen-bond donors (Lipinski definition) is 3. The zero-order valence-electron chi connectivity index (χ0n) is 21.4. The van der Waals surface area contributed by atoms with E-state index in [1.807, 2.05) is 25.1 Å². The number of amidine groups is 1. The third-order valence-electron chi connectivity index (χ3n) is 6.00. The van der Waals surface area contributed by atoms with Crippen LogP contribution in [-0.4, -0.2) is 38.0 Å². The van der Waals surface area contributed by atoms with Crippen LogP contribution in [0.25, 0.3) is 0 Å². The first-order valence-electron chi connectivity index (χ1n) is 12.2. The quantitative estimate of drug-likeness (QED) is 0.190. The van der Waals surface area contributed by atoms with E-state index in [-0.39, 0.29) is 22.2 Å². The molecule has 0 aromatic heterocycles. The van der Waals surface area contributed by atoms with Gasteiger partial charge in [0.25, 0.3) is 10.0 Å². The van der Waals surface area contributed by atoms with Gasteiger partial charge in [-0.15, -0.1) is 0 Å². The fraction of sp³-hybridized carbons (Fsp3) is 0.286. The molecule has 1 atom stereocenters. The predicted octanol–water partition coefficient (Wildman–Crippen LogP) is 5.39. The molecule has 0 spiro atoms. The molecule has 0 aliphatic heterocycles. The van der Waals surface area contributed by atoms with Crippen molar-refractivity contribution in [2.45, 2.75) is 50.5 Å². The molecule has 0 bridgehead atoms. The number of carboxylic acid groups (broad SMARTS) is 1. The van der Waals surface area contributed by atoms with Crippen molar-refractivity contribution in [1.82, 2.24) is 0 Å². The van der Waals surface area contributed by atoms with Crippen molar-refractivity contribution in [2.24, 2.45) is 5.73 Å². The van der Waals surface area contributed by atoms with E-state index in [4.69, 9.17) is 32.6 Å². The number of hydrogen-bond acceptors (Lipinski definition) is 5. The lowest BCUT2D eigenvalue weighted by molar-refractivity contribution is -0.137. The van der Waals surface area contributed by atoms with E-state index in [1.165, 1.54) is 16.4 Å². The van der Waals surface area contributed by atoms with E-state index in [1.54, 1.807) is 43.3 Å². The van der Waals surface area contributed by atoms with Crippen molar-refractivity contribution >= 4 is 39.1 Å². The molecular formula is C28H32ClN3O5S. The Morgan fingerprint density at radius 3 is 2.45 bits per heavy atom. The fourth-order valence-corrected chi connectivity index (χ4v) is 6.30. The average molecular weight is 558 g/mol. The first-order chi connectivity index (χ1) is 18.0. The van der Waals surface area contributed by atoms with Gasteiger partial charge >= 0.3 is 5.97 Å². The SMILES string of the molecule is Cc1cc(OCCc2ccc(C(=N)N)cc2)cc(N(C(C)CCCC(=O)O)S(=O)(=O)c2ccccc2Cl)c1. The number of anilines is 1. The Balaban J connectivity index is 1.88. The monoisotopic (exact) mass is 557 g/mol. The minimum Gasteiger partial charge on any atom is -0.493 e. The molecule has 4 N–H and O–H groups in total. The van der Waals surface area contributed by atoms with Crippen LogP contribution in [0.2, 0.25) is 5.02 Å². The Morgan fingerprint density at radius 1 is 1.13 bits per heavy atom. The van der Waals surface area contributed by atoms with E-state index in [2.05, 4.69) is 0 Å². The first kappa shape index (κ1) is 29.0. The van der Waals surface area contributed by atoms with Crippen LogP contribution >= 0.6 is 11.6 Å². The molecule has 8 nitrogen and oxygen atoms in total. The van der Waals surface area contributed by atoms with Gasteiger partial charge in [-0.3, -0.25) is 14.5 Å². The van der Waals surface area contributed by atoms with Gasteiger partial charge in [-0.1, -0.05) is 48.0 Å². The van der Waals surface area contributed by atoms with Gasteiger partial charge in [-0.2, -0.15) is 0 Å². The molecule has 0 radical (unpaired) electrons. The maximum absolute atomic E-state index is 13.8. The molecule has 3 rings (SSSR count). The number of carbonyl (C=O) groups is 1. The third kappa shape index (κ3) is 7.49. The average Bonchev–Trinajstić information content (AvgIpc) is 2.84. The van der Waals surface area contributed by atoms with E-state index in [0.29, 0.717) is 42.9 Å². The number of nitrogens with zero attached hydrogens (tertiary/aromatic N) is 1. The lowest BCUT2D eigenvalue weighted by Gasteiger charge is -2.31. The Labute approximate surface area is 228 Å². The number of halogens is 1. The molecule has 3 aromatic rings. The van der Waals surface area contributed by atoms with Crippen LogP contribution in [0.3, 0.4) is 0 Å². The molecule has 0 saturated carbocycles. The van der Waals surface area contributed by atoms with E-state index in [0.717, 1.165) is 11.1 Å². The molecule has 0 heterocycles. The number of nitrogen functional groups attached to an aromatic ring is 1. The van der Waals surface area contributed by atoms with Gasteiger partial charge in [0, 0.05) is 30.5 Å². The van der Waals surface area contributed by atoms with Crippen molar-refractivity contribution in [3.05, 3.63) is 88.4 Å². The molecular weight excluding hydrogens is 526 g/mol. The molecule has 10 heteroatoms. The van der Waals surface area contributed by atoms with Gasteiger partial charge in [-0.05, 0) is 62.1 Å². The number of nitrogens with one attached hydrogen (secondary N) is 1. The summed E-state index contributed by atoms with van der Waals surface area (Å²) in [6.45, 7) is 3.96. The largest absolute Gasteiger partial charge is 0.493 e. The zero-order chi connectivity index (χ0) is 27.9. The van der Waals surface area contributed by atoms with E-state index in [9.17, 15) is 13.2 Å². The Kier molecular flexibility index (Phi) is 9.77. The molecule has 38 heavy (non-hydrogen) atoms. The summed E-state index contributed by atoms with van der Waals surface area (Å²) >= 11 is 6.28. The Morgan fingerprint density at radius 2 is 1.82 bits per heavy atom. The van der Waals surface area contributed by atoms with Gasteiger partial charge < -0.3 is 15.6 Å². The van der Waals surface area contributed by atoms with Crippen molar-refractivity contribution in [1.29, 1.82) is 5.41 Å². The zero-order valence-corrected chi connectivity index (χ0v) is 22.9. The second-order valence-electron chi connectivity index (χ2n) is 9.08. The second kappa shape index (κ2) is 12.8. The highest BCUT2D eigenvalue weighted by atomic mass is 35.5. The molecule has 1 unspecified atom stereocenters. The number of aryl methyl sites for hydroxylation is 1. The van der Waals surface area contributed by atoms with Crippen LogP contribution in [0, 0.1) is 12.3 Å². The van der Waals surface area contributed by atoms with Gasteiger partial charge in [0.05, 0.1) is 17.3 Å². The van der Waals surface area contributed by atoms with Crippen LogP contribution in [-0.2, 0) is 21.2 Å². The summed E-state index contributed by atoms with van der Waals surface area (Å²) in [5.74, 6) is -0.411. The van der Waals surface area contributed by atoms with E-state index < -0.39 is 22.0 Å². The smallest absolute Gasteiger partial charge is 0.303 e. The Bertz CT molecular complexity index is 1390. The van der Waals surface area contributed by atoms with Gasteiger partial charge in [0.2, 0.25) is 0 Å². The van der Waals surface area contributed by atoms with Crippen LogP contribution < -0.4 is 14.8 Å². The predicted molar refractivity (Wildman–Crippen MR) is 150 cm³/mol. The fourth-order valence-electron chi connectivity index (χ4n) is 4.13. The summed E-state index contributed by atoms with van der Waals surface area (Å²) in [4.78, 5) is 11.0. The van der Waals surface area contributed by atoms with Crippen LogP contribution in [0.15, 0.2) is 71.6 Å². The topological polar surface area (TPSA) is 134 Å². The number of rotatable bonds is 13. The summed E-state index contributed by atoms with van der Waals surface area (Å²) in [5, 5.41) is 16.7. The number of aliphatic carboxylic acids is 1. The Hall–Kier alpha value is -3.56. The molecule has 0 saturated heterocycles. The maximum Gasteiger partial charge on any atom is 0.303 e. The highest BCUT2D eigenvalue weighted by Gasteiger charge is 2.31. The lowest BCUT2D eigenvalue weighted by atomic mass is 10.1. The molecule has 0 fully saturated rings. The highest BCUT2D eigenvalue weighted by Crippen LogP contribution is 2.34. The first-order valence-corrected chi connectivity index (χ1v) is 14.0. The summed E-state index contributed by atoms with van der Waals surface area (Å²) in [6.07, 6.45) is 1.22. The molecule has 0 aliphatic rings. The number of ether oxygens (including phenoxy) is 1. The van der Waals surface area contributed by atoms with Gasteiger partial charge in [-0.25, -0.2) is 8.42 Å². The summed E-state index contributed by atoms with van der Waals surface area (Å²) in [7, 11) is -4.07. The summed E-state index contributed by atoms with van der Waals surface area (Å²) in [5.41, 5.74) is 8.39. The lowest BCUT2D eigenvalue weighted by Crippen LogP contribution is -2.39. The van der Waals surface area contributed by atoms with Crippen LogP contribution in [0.1, 0.15) is 42.9 Å².